The van der Waals surface area contributed by atoms with E-state index in [1.54, 1.807) is 0 Å². The van der Waals surface area contributed by atoms with E-state index in [2.05, 4.69) is 53.7 Å². The lowest BCUT2D eigenvalue weighted by Gasteiger charge is -2.12. The molecule has 0 radical (unpaired) electrons. The number of alkyl halides is 1. The van der Waals surface area contributed by atoms with E-state index in [4.69, 9.17) is 0 Å². The van der Waals surface area contributed by atoms with Gasteiger partial charge in [-0.2, -0.15) is 0 Å². The van der Waals surface area contributed by atoms with Crippen LogP contribution in [0.2, 0.25) is 0 Å². The molecule has 0 saturated heterocycles. The van der Waals surface area contributed by atoms with E-state index in [0.29, 0.717) is 4.83 Å². The molecule has 0 amide bonds. The highest BCUT2D eigenvalue weighted by molar-refractivity contribution is 9.09. The molecule has 0 fully saturated rings. The first-order chi connectivity index (χ1) is 6.79. The summed E-state index contributed by atoms with van der Waals surface area (Å²) in [6, 6.07) is 8.43. The summed E-state index contributed by atoms with van der Waals surface area (Å²) in [5, 5.41) is 0. The van der Waals surface area contributed by atoms with E-state index < -0.39 is 0 Å². The van der Waals surface area contributed by atoms with Crippen molar-refractivity contribution in [1.82, 2.24) is 0 Å². The van der Waals surface area contributed by atoms with E-state index in [1.807, 2.05) is 6.08 Å². The minimum absolute atomic E-state index is 0.469. The van der Waals surface area contributed by atoms with Crippen LogP contribution in [0.3, 0.4) is 0 Å². The summed E-state index contributed by atoms with van der Waals surface area (Å²) in [5.74, 6) is 0. The van der Waals surface area contributed by atoms with Gasteiger partial charge in [0.25, 0.3) is 0 Å². The Kier molecular flexibility index (Phi) is 4.95. The second-order valence-corrected chi connectivity index (χ2v) is 4.55. The summed E-state index contributed by atoms with van der Waals surface area (Å²) in [6.45, 7) is 6.05. The van der Waals surface area contributed by atoms with Gasteiger partial charge in [-0.3, -0.25) is 0 Å². The molecule has 0 spiro atoms. The van der Waals surface area contributed by atoms with E-state index in [9.17, 15) is 0 Å². The van der Waals surface area contributed by atoms with Crippen LogP contribution in [0.1, 0.15) is 42.1 Å². The number of unbranched alkanes of at least 4 members (excludes halogenated alkanes) is 1. The predicted molar refractivity (Wildman–Crippen MR) is 67.7 cm³/mol. The molecule has 14 heavy (non-hydrogen) atoms. The molecule has 76 valence electrons. The van der Waals surface area contributed by atoms with Crippen LogP contribution in [0.5, 0.6) is 0 Å². The smallest absolute Gasteiger partial charge is 0.0401 e. The van der Waals surface area contributed by atoms with Crippen molar-refractivity contribution in [3.63, 3.8) is 0 Å². The fourth-order valence-electron chi connectivity index (χ4n) is 1.52. The number of rotatable bonds is 5. The Bertz CT molecular complexity index is 291. The van der Waals surface area contributed by atoms with Crippen LogP contribution >= 0.6 is 15.9 Å². The molecule has 1 atom stereocenters. The van der Waals surface area contributed by atoms with Gasteiger partial charge in [0.15, 0.2) is 0 Å². The normalized spacial score (nSPS) is 12.4. The lowest BCUT2D eigenvalue weighted by molar-refractivity contribution is 0.712. The van der Waals surface area contributed by atoms with Gasteiger partial charge < -0.3 is 0 Å². The molecule has 1 rings (SSSR count). The van der Waals surface area contributed by atoms with Crippen molar-refractivity contribution in [2.45, 2.75) is 31.0 Å². The van der Waals surface area contributed by atoms with Gasteiger partial charge in [0, 0.05) is 4.83 Å². The number of hydrogen-bond acceptors (Lipinski definition) is 0. The second-order valence-electron chi connectivity index (χ2n) is 3.44. The number of halogens is 1. The zero-order valence-corrected chi connectivity index (χ0v) is 10.3. The Labute approximate surface area is 95.2 Å². The summed E-state index contributed by atoms with van der Waals surface area (Å²) in [5.41, 5.74) is 2.60. The quantitative estimate of drug-likeness (QED) is 0.651. The first-order valence-corrected chi connectivity index (χ1v) is 6.06. The molecule has 0 bridgehead atoms. The molecule has 0 aromatic heterocycles. The Morgan fingerprint density at radius 2 is 2.14 bits per heavy atom. The van der Waals surface area contributed by atoms with Crippen molar-refractivity contribution < 1.29 is 0 Å². The Morgan fingerprint density at radius 1 is 1.43 bits per heavy atom. The van der Waals surface area contributed by atoms with Crippen molar-refractivity contribution in [3.05, 3.63) is 42.0 Å². The third-order valence-electron chi connectivity index (χ3n) is 2.36. The van der Waals surface area contributed by atoms with E-state index in [0.717, 1.165) is 0 Å². The highest BCUT2D eigenvalue weighted by Crippen LogP contribution is 2.31. The highest BCUT2D eigenvalue weighted by atomic mass is 79.9. The number of benzene rings is 1. The molecule has 0 aliphatic carbocycles. The zero-order chi connectivity index (χ0) is 10.4. The number of hydrogen-bond donors (Lipinski definition) is 0. The van der Waals surface area contributed by atoms with Crippen LogP contribution in [0.15, 0.2) is 30.8 Å². The fourth-order valence-corrected chi connectivity index (χ4v) is 2.26. The van der Waals surface area contributed by atoms with Gasteiger partial charge in [-0.15, -0.1) is 0 Å². The van der Waals surface area contributed by atoms with Crippen LogP contribution < -0.4 is 0 Å². The van der Waals surface area contributed by atoms with Gasteiger partial charge in [-0.25, -0.2) is 0 Å². The molecule has 0 nitrogen and oxygen atoms in total. The Morgan fingerprint density at radius 3 is 2.79 bits per heavy atom. The molecule has 0 aliphatic rings. The largest absolute Gasteiger partial charge is 0.0985 e. The van der Waals surface area contributed by atoms with Gasteiger partial charge >= 0.3 is 0 Å². The molecule has 0 aliphatic heterocycles. The first-order valence-electron chi connectivity index (χ1n) is 5.15. The first kappa shape index (κ1) is 11.5. The third kappa shape index (κ3) is 2.98. The topological polar surface area (TPSA) is 0 Å². The maximum Gasteiger partial charge on any atom is 0.0401 e. The van der Waals surface area contributed by atoms with Crippen LogP contribution in [-0.4, -0.2) is 0 Å². The van der Waals surface area contributed by atoms with Gasteiger partial charge in [-0.05, 0) is 17.5 Å². The zero-order valence-electron chi connectivity index (χ0n) is 8.67. The Hall–Kier alpha value is -0.560. The summed E-state index contributed by atoms with van der Waals surface area (Å²) in [4.78, 5) is 0.469. The van der Waals surface area contributed by atoms with Gasteiger partial charge in [0.2, 0.25) is 0 Å². The molecule has 1 unspecified atom stereocenters. The Balaban J connectivity index is 2.77. The fraction of sp³-hybridized carbons (Fsp3) is 0.385. The van der Waals surface area contributed by atoms with Crippen LogP contribution in [-0.2, 0) is 0 Å². The minimum Gasteiger partial charge on any atom is -0.0985 e. The molecule has 1 aromatic carbocycles. The van der Waals surface area contributed by atoms with Crippen molar-refractivity contribution >= 4 is 22.0 Å². The second kappa shape index (κ2) is 6.02. The average molecular weight is 253 g/mol. The molecule has 0 heterocycles. The summed E-state index contributed by atoms with van der Waals surface area (Å²) >= 11 is 3.73. The monoisotopic (exact) mass is 252 g/mol. The standard InChI is InChI=1S/C13H17Br/c1-3-5-10-13(14)12-9-7-6-8-11(12)4-2/h4,6-9,13H,2-3,5,10H2,1H3. The molecular weight excluding hydrogens is 236 g/mol. The molecular formula is C13H17Br. The van der Waals surface area contributed by atoms with E-state index >= 15 is 0 Å². The van der Waals surface area contributed by atoms with Crippen molar-refractivity contribution in [2.24, 2.45) is 0 Å². The van der Waals surface area contributed by atoms with Crippen LogP contribution in [0.4, 0.5) is 0 Å². The minimum atomic E-state index is 0.469. The van der Waals surface area contributed by atoms with Crippen molar-refractivity contribution in [2.75, 3.05) is 0 Å². The average Bonchev–Trinajstić information content (AvgIpc) is 2.25. The van der Waals surface area contributed by atoms with Crippen LogP contribution in [0.25, 0.3) is 6.08 Å². The summed E-state index contributed by atoms with van der Waals surface area (Å²) in [7, 11) is 0. The van der Waals surface area contributed by atoms with Gasteiger partial charge in [0.1, 0.15) is 0 Å². The van der Waals surface area contributed by atoms with E-state index in [1.165, 1.54) is 30.4 Å². The summed E-state index contributed by atoms with van der Waals surface area (Å²) in [6.07, 6.45) is 5.64. The molecule has 0 saturated carbocycles. The maximum atomic E-state index is 3.83. The van der Waals surface area contributed by atoms with Gasteiger partial charge in [0.05, 0.1) is 0 Å². The predicted octanol–water partition coefficient (Wildman–Crippen LogP) is 4.96. The summed E-state index contributed by atoms with van der Waals surface area (Å²) < 4.78 is 0. The lowest BCUT2D eigenvalue weighted by atomic mass is 10.0. The van der Waals surface area contributed by atoms with Gasteiger partial charge in [-0.1, -0.05) is 72.6 Å². The SMILES string of the molecule is C=Cc1ccccc1C(Br)CCCC. The van der Waals surface area contributed by atoms with E-state index in [-0.39, 0.29) is 0 Å². The molecule has 1 aromatic rings. The van der Waals surface area contributed by atoms with Crippen molar-refractivity contribution in [3.8, 4) is 0 Å². The lowest BCUT2D eigenvalue weighted by Crippen LogP contribution is -1.93. The molecule has 0 N–H and O–H groups in total. The third-order valence-corrected chi connectivity index (χ3v) is 3.32. The molecule has 1 heteroatoms. The highest BCUT2D eigenvalue weighted by Gasteiger charge is 2.08. The maximum absolute atomic E-state index is 3.83. The van der Waals surface area contributed by atoms with Crippen molar-refractivity contribution in [1.29, 1.82) is 0 Å². The van der Waals surface area contributed by atoms with Crippen LogP contribution in [0, 0.1) is 0 Å².